The molecule has 5 nitrogen and oxygen atoms in total. The van der Waals surface area contributed by atoms with E-state index in [1.807, 2.05) is 0 Å². The van der Waals surface area contributed by atoms with E-state index in [-0.39, 0.29) is 34.7 Å². The van der Waals surface area contributed by atoms with Crippen LogP contribution in [0.4, 0.5) is 29.3 Å². The van der Waals surface area contributed by atoms with Crippen LogP contribution in [0.25, 0.3) is 11.1 Å². The second-order valence-electron chi connectivity index (χ2n) is 10.6. The van der Waals surface area contributed by atoms with Crippen LogP contribution in [0.5, 0.6) is 0 Å². The van der Waals surface area contributed by atoms with Gasteiger partial charge in [-0.1, -0.05) is 12.6 Å². The average Bonchev–Trinajstić information content (AvgIpc) is 2.93. The number of likely N-dealkylation sites (tertiary alicyclic amines) is 1. The van der Waals surface area contributed by atoms with Crippen molar-refractivity contribution >= 4 is 11.8 Å². The molecule has 5 rings (SSSR count). The lowest BCUT2D eigenvalue weighted by Crippen LogP contribution is -3.00. The van der Waals surface area contributed by atoms with E-state index in [9.17, 15) is 17.6 Å². The number of nitrogens with zero attached hydrogens (tertiary/aromatic N) is 4. The Labute approximate surface area is 243 Å². The third-order valence-electron chi connectivity index (χ3n) is 8.18. The Hall–Kier alpha value is -2.98. The molecular weight excluding hydrogens is 586 g/mol. The van der Waals surface area contributed by atoms with Crippen LogP contribution in [-0.4, -0.2) is 53.2 Å². The minimum Gasteiger partial charge on any atom is -1.00 e. The molecule has 0 atom stereocenters. The second-order valence-corrected chi connectivity index (χ2v) is 10.6. The standard InChI is InChI=1S/C30H34F4N5.BrH/c1-2-14-39(15-4-3-5-16-39)24-10-12-38(13-11-24)30-36-20-26(25-9-8-23(32)18-28(25)34)29(37-30)35-19-21-6-7-22(31)17-27(21)33;/h2,6-9,17-18,20,24H,1,3-5,10-16,19H2,(H,35,36,37);1H/q+1;/p-1. The van der Waals surface area contributed by atoms with Crippen LogP contribution < -0.4 is 27.2 Å². The highest BCUT2D eigenvalue weighted by Crippen LogP contribution is 2.33. The van der Waals surface area contributed by atoms with Gasteiger partial charge in [-0.2, -0.15) is 4.98 Å². The largest absolute Gasteiger partial charge is 1.00 e. The van der Waals surface area contributed by atoms with Crippen molar-refractivity contribution in [2.75, 3.05) is 42.9 Å². The molecule has 40 heavy (non-hydrogen) atoms. The van der Waals surface area contributed by atoms with E-state index >= 15 is 0 Å². The van der Waals surface area contributed by atoms with Crippen molar-refractivity contribution in [3.05, 3.63) is 84.1 Å². The first-order chi connectivity index (χ1) is 18.9. The van der Waals surface area contributed by atoms with Crippen molar-refractivity contribution < 1.29 is 39.0 Å². The summed E-state index contributed by atoms with van der Waals surface area (Å²) in [5, 5.41) is 3.08. The lowest BCUT2D eigenvalue weighted by atomic mass is 9.95. The number of rotatable bonds is 8. The third-order valence-corrected chi connectivity index (χ3v) is 8.18. The van der Waals surface area contributed by atoms with Gasteiger partial charge in [-0.25, -0.2) is 22.5 Å². The minimum atomic E-state index is -0.749. The Bertz CT molecular complexity index is 1320. The summed E-state index contributed by atoms with van der Waals surface area (Å²) in [5.41, 5.74) is 0.697. The van der Waals surface area contributed by atoms with E-state index in [0.29, 0.717) is 23.4 Å². The van der Waals surface area contributed by atoms with Crippen LogP contribution in [-0.2, 0) is 6.54 Å². The van der Waals surface area contributed by atoms with Crippen LogP contribution in [0.3, 0.4) is 0 Å². The maximum Gasteiger partial charge on any atom is 0.227 e. The summed E-state index contributed by atoms with van der Waals surface area (Å²) in [6, 6.07) is 7.22. The summed E-state index contributed by atoms with van der Waals surface area (Å²) >= 11 is 0. The fourth-order valence-corrected chi connectivity index (χ4v) is 6.12. The summed E-state index contributed by atoms with van der Waals surface area (Å²) in [7, 11) is 0. The summed E-state index contributed by atoms with van der Waals surface area (Å²) in [6.07, 6.45) is 9.39. The quantitative estimate of drug-likeness (QED) is 0.238. The number of halogens is 5. The number of nitrogens with one attached hydrogen (secondary N) is 1. The SMILES string of the molecule is C=CC[N+]1(C2CCN(c3ncc(-c4ccc(F)cc4F)c(NCc4ccc(F)cc4F)n3)CC2)CCCCC1.[Br-]. The molecule has 10 heteroatoms. The van der Waals surface area contributed by atoms with Gasteiger partial charge in [-0.15, -0.1) is 0 Å². The van der Waals surface area contributed by atoms with Crippen LogP contribution in [0, 0.1) is 23.3 Å². The highest BCUT2D eigenvalue weighted by Gasteiger charge is 2.39. The first-order valence-electron chi connectivity index (χ1n) is 13.6. The fraction of sp³-hybridized carbons (Fsp3) is 0.400. The molecule has 2 aromatic carbocycles. The molecule has 0 aliphatic carbocycles. The zero-order chi connectivity index (χ0) is 27.4. The van der Waals surface area contributed by atoms with E-state index in [2.05, 4.69) is 27.9 Å². The number of anilines is 2. The van der Waals surface area contributed by atoms with Crippen molar-refractivity contribution in [3.63, 3.8) is 0 Å². The van der Waals surface area contributed by atoms with E-state index in [0.717, 1.165) is 49.1 Å². The van der Waals surface area contributed by atoms with Gasteiger partial charge >= 0.3 is 0 Å². The predicted molar refractivity (Wildman–Crippen MR) is 145 cm³/mol. The Kier molecular flexibility index (Phi) is 9.84. The lowest BCUT2D eigenvalue weighted by Gasteiger charge is -2.49. The van der Waals surface area contributed by atoms with Gasteiger partial charge in [0.25, 0.3) is 0 Å². The molecule has 0 radical (unpaired) electrons. The summed E-state index contributed by atoms with van der Waals surface area (Å²) < 4.78 is 57.1. The first-order valence-corrected chi connectivity index (χ1v) is 13.6. The van der Waals surface area contributed by atoms with Gasteiger partial charge in [-0.05, 0) is 43.5 Å². The normalized spacial score (nSPS) is 17.2. The third kappa shape index (κ3) is 6.49. The van der Waals surface area contributed by atoms with Gasteiger partial charge in [0.15, 0.2) is 0 Å². The summed E-state index contributed by atoms with van der Waals surface area (Å²) in [5.74, 6) is -2.01. The Morgan fingerprint density at radius 3 is 2.25 bits per heavy atom. The van der Waals surface area contributed by atoms with Gasteiger partial charge < -0.3 is 31.7 Å². The molecule has 2 fully saturated rings. The molecule has 0 amide bonds. The summed E-state index contributed by atoms with van der Waals surface area (Å²) in [4.78, 5) is 11.4. The van der Waals surface area contributed by atoms with E-state index in [4.69, 9.17) is 4.98 Å². The fourth-order valence-electron chi connectivity index (χ4n) is 6.12. The van der Waals surface area contributed by atoms with E-state index in [1.165, 1.54) is 62.8 Å². The molecule has 2 aliphatic heterocycles. The van der Waals surface area contributed by atoms with Gasteiger partial charge in [0.05, 0.1) is 25.7 Å². The van der Waals surface area contributed by atoms with E-state index < -0.39 is 23.3 Å². The molecule has 2 aliphatic rings. The molecule has 0 spiro atoms. The van der Waals surface area contributed by atoms with E-state index in [1.54, 1.807) is 0 Å². The first kappa shape index (κ1) is 30.0. The minimum absolute atomic E-state index is 0. The number of hydrogen-bond acceptors (Lipinski definition) is 4. The lowest BCUT2D eigenvalue weighted by molar-refractivity contribution is -0.951. The number of benzene rings is 2. The van der Waals surface area contributed by atoms with Gasteiger partial charge in [0.2, 0.25) is 5.95 Å². The van der Waals surface area contributed by atoms with Crippen molar-refractivity contribution in [2.24, 2.45) is 0 Å². The maximum atomic E-state index is 14.7. The monoisotopic (exact) mass is 619 g/mol. The Morgan fingerprint density at radius 2 is 1.60 bits per heavy atom. The van der Waals surface area contributed by atoms with Crippen molar-refractivity contribution in [1.82, 2.24) is 9.97 Å². The molecule has 2 saturated heterocycles. The molecule has 1 aromatic heterocycles. The molecule has 1 N–H and O–H groups in total. The van der Waals surface area contributed by atoms with Gasteiger partial charge in [-0.3, -0.25) is 0 Å². The number of aromatic nitrogens is 2. The Morgan fingerprint density at radius 1 is 0.925 bits per heavy atom. The molecule has 0 bridgehead atoms. The van der Waals surface area contributed by atoms with Crippen LogP contribution in [0.2, 0.25) is 0 Å². The van der Waals surface area contributed by atoms with Gasteiger partial charge in [0, 0.05) is 67.5 Å². The maximum absolute atomic E-state index is 14.7. The molecule has 3 aromatic rings. The topological polar surface area (TPSA) is 41.1 Å². The number of quaternary nitrogens is 1. The molecule has 0 saturated carbocycles. The van der Waals surface area contributed by atoms with Crippen LogP contribution in [0.1, 0.15) is 37.7 Å². The van der Waals surface area contributed by atoms with Crippen molar-refractivity contribution in [2.45, 2.75) is 44.7 Å². The molecular formula is C30H34BrF4N5. The van der Waals surface area contributed by atoms with Crippen LogP contribution in [0.15, 0.2) is 55.3 Å². The second kappa shape index (κ2) is 13.1. The molecule has 3 heterocycles. The molecule has 0 unspecified atom stereocenters. The summed E-state index contributed by atoms with van der Waals surface area (Å²) in [6.45, 7) is 8.98. The van der Waals surface area contributed by atoms with Crippen molar-refractivity contribution in [3.8, 4) is 11.1 Å². The smallest absolute Gasteiger partial charge is 0.227 e. The zero-order valence-electron chi connectivity index (χ0n) is 22.4. The van der Waals surface area contributed by atoms with Crippen LogP contribution >= 0.6 is 0 Å². The average molecular weight is 621 g/mol. The van der Waals surface area contributed by atoms with Gasteiger partial charge in [0.1, 0.15) is 29.1 Å². The molecule has 214 valence electrons. The van der Waals surface area contributed by atoms with Crippen molar-refractivity contribution in [1.29, 1.82) is 0 Å². The number of piperidine rings is 2. The predicted octanol–water partition coefficient (Wildman–Crippen LogP) is 3.47. The highest BCUT2D eigenvalue weighted by molar-refractivity contribution is 5.75. The number of hydrogen-bond donors (Lipinski definition) is 1. The zero-order valence-corrected chi connectivity index (χ0v) is 23.9. The highest BCUT2D eigenvalue weighted by atomic mass is 79.9. The Balaban J connectivity index is 0.00000370.